The van der Waals surface area contributed by atoms with Crippen LogP contribution in [-0.2, 0) is 4.79 Å². The maximum absolute atomic E-state index is 12.2. The van der Waals surface area contributed by atoms with E-state index in [0.29, 0.717) is 5.02 Å². The minimum Gasteiger partial charge on any atom is -0.348 e. The highest BCUT2D eigenvalue weighted by Crippen LogP contribution is 2.23. The van der Waals surface area contributed by atoms with Gasteiger partial charge in [0, 0.05) is 19.1 Å². The van der Waals surface area contributed by atoms with Crippen LogP contribution >= 0.6 is 11.6 Å². The molecule has 0 heterocycles. The monoisotopic (exact) mass is 268 g/mol. The lowest BCUT2D eigenvalue weighted by Gasteiger charge is -2.22. The van der Waals surface area contributed by atoms with Crippen molar-refractivity contribution in [3.05, 3.63) is 34.9 Å². The molecule has 0 fully saturated rings. The summed E-state index contributed by atoms with van der Waals surface area (Å²) >= 11 is 5.88. The first-order valence-electron chi connectivity index (χ1n) is 6.03. The molecule has 0 bridgehead atoms. The second-order valence-electron chi connectivity index (χ2n) is 4.93. The Hall–Kier alpha value is -1.06. The largest absolute Gasteiger partial charge is 0.348 e. The third-order valence-corrected chi connectivity index (χ3v) is 3.13. The van der Waals surface area contributed by atoms with Crippen molar-refractivity contribution in [1.29, 1.82) is 0 Å². The number of nitrogens with zero attached hydrogens (tertiary/aromatic N) is 2. The topological polar surface area (TPSA) is 23.6 Å². The first kappa shape index (κ1) is 15.0. The number of hydrogen-bond acceptors (Lipinski definition) is 2. The smallest absolute Gasteiger partial charge is 0.229 e. The van der Waals surface area contributed by atoms with E-state index < -0.39 is 0 Å². The first-order chi connectivity index (χ1) is 8.41. The van der Waals surface area contributed by atoms with Gasteiger partial charge in [0.1, 0.15) is 0 Å². The predicted molar refractivity (Wildman–Crippen MR) is 76.1 cm³/mol. The van der Waals surface area contributed by atoms with Gasteiger partial charge in [0.2, 0.25) is 5.91 Å². The zero-order valence-electron chi connectivity index (χ0n) is 11.5. The molecule has 1 aromatic rings. The van der Waals surface area contributed by atoms with Crippen molar-refractivity contribution in [2.75, 3.05) is 34.7 Å². The molecule has 100 valence electrons. The third-order valence-electron chi connectivity index (χ3n) is 2.88. The van der Waals surface area contributed by atoms with Crippen LogP contribution in [-0.4, -0.2) is 50.4 Å². The van der Waals surface area contributed by atoms with Crippen LogP contribution in [0.25, 0.3) is 0 Å². The summed E-state index contributed by atoms with van der Waals surface area (Å²) in [6, 6.07) is 7.54. The summed E-state index contributed by atoms with van der Waals surface area (Å²) in [6.07, 6.45) is 0.811. The molecule has 1 aromatic carbocycles. The second kappa shape index (κ2) is 6.76. The SMILES string of the molecule is CN(C)CCC(C(=O)N(C)C)c1ccc(Cl)cc1. The zero-order valence-corrected chi connectivity index (χ0v) is 12.2. The van der Waals surface area contributed by atoms with Crippen molar-refractivity contribution in [1.82, 2.24) is 9.80 Å². The van der Waals surface area contributed by atoms with E-state index in [1.54, 1.807) is 19.0 Å². The molecule has 0 N–H and O–H groups in total. The molecule has 3 nitrogen and oxygen atoms in total. The van der Waals surface area contributed by atoms with Crippen molar-refractivity contribution < 1.29 is 4.79 Å². The van der Waals surface area contributed by atoms with Crippen molar-refractivity contribution >= 4 is 17.5 Å². The van der Waals surface area contributed by atoms with E-state index in [-0.39, 0.29) is 11.8 Å². The highest BCUT2D eigenvalue weighted by Gasteiger charge is 2.22. The molecule has 0 radical (unpaired) electrons. The van der Waals surface area contributed by atoms with Crippen LogP contribution in [0.3, 0.4) is 0 Å². The van der Waals surface area contributed by atoms with Crippen molar-refractivity contribution in [2.24, 2.45) is 0 Å². The van der Waals surface area contributed by atoms with Gasteiger partial charge in [0.25, 0.3) is 0 Å². The Bertz CT molecular complexity index is 387. The van der Waals surface area contributed by atoms with Crippen LogP contribution in [0, 0.1) is 0 Å². The Morgan fingerprint density at radius 2 is 1.72 bits per heavy atom. The summed E-state index contributed by atoms with van der Waals surface area (Å²) in [6.45, 7) is 0.882. The summed E-state index contributed by atoms with van der Waals surface area (Å²) in [7, 11) is 7.61. The molecule has 18 heavy (non-hydrogen) atoms. The number of likely N-dealkylation sites (N-methyl/N-ethyl adjacent to an activating group) is 1. The fourth-order valence-electron chi connectivity index (χ4n) is 1.83. The number of hydrogen-bond donors (Lipinski definition) is 0. The van der Waals surface area contributed by atoms with Gasteiger partial charge in [-0.3, -0.25) is 4.79 Å². The van der Waals surface area contributed by atoms with Gasteiger partial charge in [-0.1, -0.05) is 23.7 Å². The molecule has 1 unspecified atom stereocenters. The minimum atomic E-state index is -0.0975. The maximum Gasteiger partial charge on any atom is 0.229 e. The number of amides is 1. The lowest BCUT2D eigenvalue weighted by atomic mass is 9.94. The Labute approximate surface area is 114 Å². The number of carbonyl (C=O) groups excluding carboxylic acids is 1. The summed E-state index contributed by atoms with van der Waals surface area (Å²) < 4.78 is 0. The Balaban J connectivity index is 2.89. The minimum absolute atomic E-state index is 0.0975. The quantitative estimate of drug-likeness (QED) is 0.819. The fraction of sp³-hybridized carbons (Fsp3) is 0.500. The van der Waals surface area contributed by atoms with Gasteiger partial charge < -0.3 is 9.80 Å². The summed E-state index contributed by atoms with van der Waals surface area (Å²) in [4.78, 5) is 16.0. The van der Waals surface area contributed by atoms with E-state index in [0.717, 1.165) is 18.5 Å². The molecule has 1 rings (SSSR count). The van der Waals surface area contributed by atoms with E-state index in [9.17, 15) is 4.79 Å². The molecular formula is C14H21ClN2O. The summed E-state index contributed by atoms with van der Waals surface area (Å²) in [5, 5.41) is 0.697. The Kier molecular flexibility index (Phi) is 5.63. The van der Waals surface area contributed by atoms with Gasteiger partial charge in [-0.15, -0.1) is 0 Å². The molecule has 1 amide bonds. The molecule has 1 atom stereocenters. The Morgan fingerprint density at radius 3 is 2.17 bits per heavy atom. The van der Waals surface area contributed by atoms with Crippen LogP contribution in [0.1, 0.15) is 17.9 Å². The average molecular weight is 269 g/mol. The molecule has 0 aliphatic carbocycles. The first-order valence-corrected chi connectivity index (χ1v) is 6.41. The van der Waals surface area contributed by atoms with Gasteiger partial charge in [0.15, 0.2) is 0 Å². The highest BCUT2D eigenvalue weighted by atomic mass is 35.5. The number of carbonyl (C=O) groups is 1. The standard InChI is InChI=1S/C14H21ClN2O/c1-16(2)10-9-13(14(18)17(3)4)11-5-7-12(15)8-6-11/h5-8,13H,9-10H2,1-4H3. The van der Waals surface area contributed by atoms with Crippen LogP contribution in [0.5, 0.6) is 0 Å². The lowest BCUT2D eigenvalue weighted by molar-refractivity contribution is -0.130. The van der Waals surface area contributed by atoms with Crippen LogP contribution in [0.4, 0.5) is 0 Å². The van der Waals surface area contributed by atoms with E-state index in [4.69, 9.17) is 11.6 Å². The third kappa shape index (κ3) is 4.31. The lowest BCUT2D eigenvalue weighted by Crippen LogP contribution is -2.30. The van der Waals surface area contributed by atoms with Crippen molar-refractivity contribution in [3.63, 3.8) is 0 Å². The molecule has 0 aliphatic heterocycles. The zero-order chi connectivity index (χ0) is 13.7. The van der Waals surface area contributed by atoms with Crippen molar-refractivity contribution in [3.8, 4) is 0 Å². The van der Waals surface area contributed by atoms with E-state index in [1.807, 2.05) is 38.4 Å². The normalized spacial score (nSPS) is 12.6. The molecular weight excluding hydrogens is 248 g/mol. The fourth-order valence-corrected chi connectivity index (χ4v) is 1.95. The van der Waals surface area contributed by atoms with Gasteiger partial charge in [-0.25, -0.2) is 0 Å². The summed E-state index contributed by atoms with van der Waals surface area (Å²) in [5.41, 5.74) is 1.03. The molecule has 4 heteroatoms. The van der Waals surface area contributed by atoms with Gasteiger partial charge in [-0.05, 0) is 44.8 Å². The summed E-state index contributed by atoms with van der Waals surface area (Å²) in [5.74, 6) is 0.0406. The van der Waals surface area contributed by atoms with Crippen LogP contribution in [0.2, 0.25) is 5.02 Å². The molecule has 0 saturated carbocycles. The number of rotatable bonds is 5. The maximum atomic E-state index is 12.2. The van der Waals surface area contributed by atoms with Crippen molar-refractivity contribution in [2.45, 2.75) is 12.3 Å². The molecule has 0 aromatic heterocycles. The molecule has 0 aliphatic rings. The number of benzene rings is 1. The van der Waals surface area contributed by atoms with E-state index in [2.05, 4.69) is 4.90 Å². The van der Waals surface area contributed by atoms with Crippen LogP contribution in [0.15, 0.2) is 24.3 Å². The van der Waals surface area contributed by atoms with Gasteiger partial charge in [0.05, 0.1) is 5.92 Å². The molecule has 0 spiro atoms. The van der Waals surface area contributed by atoms with E-state index in [1.165, 1.54) is 0 Å². The van der Waals surface area contributed by atoms with Gasteiger partial charge >= 0.3 is 0 Å². The average Bonchev–Trinajstić information content (AvgIpc) is 2.30. The predicted octanol–water partition coefficient (Wildman–Crippen LogP) is 2.46. The van der Waals surface area contributed by atoms with Gasteiger partial charge in [-0.2, -0.15) is 0 Å². The highest BCUT2D eigenvalue weighted by molar-refractivity contribution is 6.30. The van der Waals surface area contributed by atoms with Crippen LogP contribution < -0.4 is 0 Å². The second-order valence-corrected chi connectivity index (χ2v) is 5.37. The Morgan fingerprint density at radius 1 is 1.17 bits per heavy atom. The molecule has 0 saturated heterocycles. The number of halogens is 1. The van der Waals surface area contributed by atoms with E-state index >= 15 is 0 Å².